The highest BCUT2D eigenvalue weighted by Crippen LogP contribution is 2.32. The zero-order chi connectivity index (χ0) is 13.1. The lowest BCUT2D eigenvalue weighted by Crippen LogP contribution is -2.19. The average Bonchev–Trinajstić information content (AvgIpc) is 2.70. The van der Waals surface area contributed by atoms with Gasteiger partial charge in [-0.3, -0.25) is 0 Å². The van der Waals surface area contributed by atoms with Crippen molar-refractivity contribution < 1.29 is 0 Å². The van der Waals surface area contributed by atoms with E-state index in [1.165, 1.54) is 26.4 Å². The molecule has 1 unspecified atom stereocenters. The van der Waals surface area contributed by atoms with Crippen molar-refractivity contribution in [2.75, 3.05) is 7.05 Å². The first-order valence-corrected chi connectivity index (χ1v) is 7.31. The predicted molar refractivity (Wildman–Crippen MR) is 80.5 cm³/mol. The van der Waals surface area contributed by atoms with E-state index in [1.807, 2.05) is 18.4 Å². The van der Waals surface area contributed by atoms with Crippen LogP contribution in [0.1, 0.15) is 39.4 Å². The normalized spacial score (nSPS) is 12.7. The molecule has 0 bridgehead atoms. The molecule has 0 fully saturated rings. The zero-order valence-electron chi connectivity index (χ0n) is 11.6. The summed E-state index contributed by atoms with van der Waals surface area (Å²) in [5.41, 5.74) is 4.25. The van der Waals surface area contributed by atoms with E-state index >= 15 is 0 Å². The van der Waals surface area contributed by atoms with Crippen molar-refractivity contribution in [3.63, 3.8) is 0 Å². The van der Waals surface area contributed by atoms with Crippen LogP contribution in [-0.2, 0) is 6.42 Å². The van der Waals surface area contributed by atoms with E-state index in [9.17, 15) is 0 Å². The summed E-state index contributed by atoms with van der Waals surface area (Å²) in [4.78, 5) is 2.80. The molecule has 18 heavy (non-hydrogen) atoms. The molecule has 0 aliphatic carbocycles. The zero-order valence-corrected chi connectivity index (χ0v) is 12.4. The van der Waals surface area contributed by atoms with Crippen LogP contribution in [0.25, 0.3) is 0 Å². The second kappa shape index (κ2) is 5.68. The molecule has 1 N–H and O–H groups in total. The van der Waals surface area contributed by atoms with E-state index in [2.05, 4.69) is 56.4 Å². The molecule has 2 rings (SSSR count). The second-order valence-electron chi connectivity index (χ2n) is 4.64. The van der Waals surface area contributed by atoms with E-state index in [1.54, 1.807) is 0 Å². The van der Waals surface area contributed by atoms with Crippen LogP contribution in [-0.4, -0.2) is 7.05 Å². The fourth-order valence-electron chi connectivity index (χ4n) is 2.55. The Morgan fingerprint density at radius 2 is 1.89 bits per heavy atom. The monoisotopic (exact) mass is 259 g/mol. The SMILES string of the molecule is CCc1ccccc1C(NC)c1cc(C)sc1C. The van der Waals surface area contributed by atoms with E-state index in [4.69, 9.17) is 0 Å². The maximum Gasteiger partial charge on any atom is 0.0587 e. The van der Waals surface area contributed by atoms with Gasteiger partial charge in [-0.1, -0.05) is 31.2 Å². The molecule has 2 heteroatoms. The summed E-state index contributed by atoms with van der Waals surface area (Å²) in [6, 6.07) is 11.4. The van der Waals surface area contributed by atoms with Gasteiger partial charge in [0.1, 0.15) is 0 Å². The Morgan fingerprint density at radius 1 is 1.17 bits per heavy atom. The van der Waals surface area contributed by atoms with Gasteiger partial charge in [0.05, 0.1) is 6.04 Å². The highest BCUT2D eigenvalue weighted by Gasteiger charge is 2.18. The van der Waals surface area contributed by atoms with Crippen LogP contribution in [0.3, 0.4) is 0 Å². The minimum atomic E-state index is 0.311. The maximum atomic E-state index is 3.47. The minimum absolute atomic E-state index is 0.311. The van der Waals surface area contributed by atoms with Crippen LogP contribution in [0.5, 0.6) is 0 Å². The smallest absolute Gasteiger partial charge is 0.0587 e. The van der Waals surface area contributed by atoms with Gasteiger partial charge in [-0.25, -0.2) is 0 Å². The Bertz CT molecular complexity index is 528. The number of nitrogens with one attached hydrogen (secondary N) is 1. The largest absolute Gasteiger partial charge is 0.309 e. The third-order valence-corrected chi connectivity index (χ3v) is 4.41. The molecule has 2 aromatic rings. The van der Waals surface area contributed by atoms with E-state index in [-0.39, 0.29) is 0 Å². The van der Waals surface area contributed by atoms with Crippen LogP contribution in [0.2, 0.25) is 0 Å². The fourth-order valence-corrected chi connectivity index (χ4v) is 3.52. The van der Waals surface area contributed by atoms with Crippen molar-refractivity contribution in [2.45, 2.75) is 33.2 Å². The van der Waals surface area contributed by atoms with Crippen molar-refractivity contribution in [2.24, 2.45) is 0 Å². The maximum absolute atomic E-state index is 3.47. The number of rotatable bonds is 4. The topological polar surface area (TPSA) is 12.0 Å². The molecule has 1 nitrogen and oxygen atoms in total. The van der Waals surface area contributed by atoms with E-state index < -0.39 is 0 Å². The lowest BCUT2D eigenvalue weighted by molar-refractivity contribution is 0.683. The van der Waals surface area contributed by atoms with Gasteiger partial charge in [0.25, 0.3) is 0 Å². The number of benzene rings is 1. The lowest BCUT2D eigenvalue weighted by Gasteiger charge is -2.20. The van der Waals surface area contributed by atoms with Crippen LogP contribution in [0.4, 0.5) is 0 Å². The Labute approximate surface area is 114 Å². The van der Waals surface area contributed by atoms with Gasteiger partial charge in [-0.2, -0.15) is 0 Å². The Hall–Kier alpha value is -1.12. The lowest BCUT2D eigenvalue weighted by atomic mass is 9.93. The summed E-state index contributed by atoms with van der Waals surface area (Å²) in [6.07, 6.45) is 1.08. The Kier molecular flexibility index (Phi) is 4.20. The van der Waals surface area contributed by atoms with Crippen molar-refractivity contribution in [3.05, 3.63) is 56.8 Å². The van der Waals surface area contributed by atoms with Crippen molar-refractivity contribution in [3.8, 4) is 0 Å². The van der Waals surface area contributed by atoms with Gasteiger partial charge >= 0.3 is 0 Å². The third-order valence-electron chi connectivity index (χ3n) is 3.43. The summed E-state index contributed by atoms with van der Waals surface area (Å²) in [5.74, 6) is 0. The molecule has 0 aliphatic rings. The van der Waals surface area contributed by atoms with Crippen molar-refractivity contribution in [1.82, 2.24) is 5.32 Å². The molecule has 0 saturated heterocycles. The average molecular weight is 259 g/mol. The first-order chi connectivity index (χ1) is 8.67. The molecule has 96 valence electrons. The first kappa shape index (κ1) is 13.3. The molecule has 0 spiro atoms. The molecule has 1 aromatic heterocycles. The molecule has 0 aliphatic heterocycles. The third kappa shape index (κ3) is 2.50. The summed E-state index contributed by atoms with van der Waals surface area (Å²) >= 11 is 1.88. The molecule has 0 amide bonds. The van der Waals surface area contributed by atoms with Gasteiger partial charge in [0.2, 0.25) is 0 Å². The number of thiophene rings is 1. The number of aryl methyl sites for hydroxylation is 3. The quantitative estimate of drug-likeness (QED) is 0.866. The van der Waals surface area contributed by atoms with Crippen LogP contribution >= 0.6 is 11.3 Å². The van der Waals surface area contributed by atoms with Crippen LogP contribution < -0.4 is 5.32 Å². The van der Waals surface area contributed by atoms with Gasteiger partial charge < -0.3 is 5.32 Å². The number of hydrogen-bond acceptors (Lipinski definition) is 2. The summed E-state index contributed by atoms with van der Waals surface area (Å²) in [5, 5.41) is 3.47. The number of hydrogen-bond donors (Lipinski definition) is 1. The predicted octanol–water partition coefficient (Wildman–Crippen LogP) is 4.24. The highest BCUT2D eigenvalue weighted by molar-refractivity contribution is 7.12. The van der Waals surface area contributed by atoms with Gasteiger partial charge in [0.15, 0.2) is 0 Å². The van der Waals surface area contributed by atoms with Gasteiger partial charge in [0, 0.05) is 9.75 Å². The molecule has 0 radical (unpaired) electrons. The molecule has 1 aromatic carbocycles. The van der Waals surface area contributed by atoms with E-state index in [0.717, 1.165) is 6.42 Å². The standard InChI is InChI=1S/C16H21NS/c1-5-13-8-6-7-9-14(13)16(17-4)15-10-11(2)18-12(15)3/h6-10,16-17H,5H2,1-4H3. The molecular formula is C16H21NS. The van der Waals surface area contributed by atoms with Crippen molar-refractivity contribution in [1.29, 1.82) is 0 Å². The molecular weight excluding hydrogens is 238 g/mol. The molecule has 1 heterocycles. The van der Waals surface area contributed by atoms with Gasteiger partial charge in [-0.05, 0) is 50.1 Å². The molecule has 0 saturated carbocycles. The Balaban J connectivity index is 2.48. The van der Waals surface area contributed by atoms with Crippen molar-refractivity contribution >= 4 is 11.3 Å². The fraction of sp³-hybridized carbons (Fsp3) is 0.375. The Morgan fingerprint density at radius 3 is 2.44 bits per heavy atom. The van der Waals surface area contributed by atoms with Crippen LogP contribution in [0.15, 0.2) is 30.3 Å². The second-order valence-corrected chi connectivity index (χ2v) is 6.10. The molecule has 1 atom stereocenters. The van der Waals surface area contributed by atoms with Crippen LogP contribution in [0, 0.1) is 13.8 Å². The van der Waals surface area contributed by atoms with E-state index in [0.29, 0.717) is 6.04 Å². The summed E-state index contributed by atoms with van der Waals surface area (Å²) < 4.78 is 0. The minimum Gasteiger partial charge on any atom is -0.309 e. The highest BCUT2D eigenvalue weighted by atomic mass is 32.1. The summed E-state index contributed by atoms with van der Waals surface area (Å²) in [7, 11) is 2.05. The first-order valence-electron chi connectivity index (χ1n) is 6.49. The van der Waals surface area contributed by atoms with Gasteiger partial charge in [-0.15, -0.1) is 11.3 Å². The summed E-state index contributed by atoms with van der Waals surface area (Å²) in [6.45, 7) is 6.61.